The number of aliphatic hydroxyl groups excluding tert-OH is 3. The van der Waals surface area contributed by atoms with Crippen molar-refractivity contribution in [3.63, 3.8) is 0 Å². The van der Waals surface area contributed by atoms with Crippen LogP contribution in [-0.4, -0.2) is 35.1 Å². The lowest BCUT2D eigenvalue weighted by Crippen LogP contribution is -1.74. The quantitative estimate of drug-likeness (QED) is 0.479. The van der Waals surface area contributed by atoms with Gasteiger partial charge in [0.25, 0.3) is 0 Å². The lowest BCUT2D eigenvalue weighted by atomic mass is 10.5. The van der Waals surface area contributed by atoms with Crippen molar-refractivity contribution < 1.29 is 15.3 Å². The minimum absolute atomic E-state index is 0.0144. The van der Waals surface area contributed by atoms with Crippen molar-refractivity contribution in [2.45, 2.75) is 0 Å². The summed E-state index contributed by atoms with van der Waals surface area (Å²) < 4.78 is 0. The van der Waals surface area contributed by atoms with Gasteiger partial charge in [-0.3, -0.25) is 0 Å². The molecule has 0 saturated heterocycles. The summed E-state index contributed by atoms with van der Waals surface area (Å²) in [5.74, 6) is 0. The van der Waals surface area contributed by atoms with Gasteiger partial charge in [0, 0.05) is 0 Å². The molecule has 0 aromatic carbocycles. The molecule has 0 aliphatic heterocycles. The number of aliphatic hydroxyl groups is 3. The van der Waals surface area contributed by atoms with Gasteiger partial charge in [-0.15, -0.1) is 6.58 Å². The Morgan fingerprint density at radius 3 is 1.30 bits per heavy atom. The third-order valence-electron chi connectivity index (χ3n) is 0.507. The molecule has 0 aromatic heterocycles. The molecule has 10 heavy (non-hydrogen) atoms. The normalized spacial score (nSPS) is 8.70. The minimum atomic E-state index is 0.0144. The summed E-state index contributed by atoms with van der Waals surface area (Å²) in [6.07, 6.45) is 4.40. The van der Waals surface area contributed by atoms with Crippen LogP contribution < -0.4 is 0 Å². The Morgan fingerprint density at radius 2 is 1.20 bits per heavy atom. The van der Waals surface area contributed by atoms with Gasteiger partial charge in [-0.25, -0.2) is 0 Å². The van der Waals surface area contributed by atoms with E-state index >= 15 is 0 Å². The van der Waals surface area contributed by atoms with Crippen LogP contribution >= 0.6 is 0 Å². The summed E-state index contributed by atoms with van der Waals surface area (Å²) in [5.41, 5.74) is 0. The maximum absolute atomic E-state index is 8.00. The fourth-order valence-corrected chi connectivity index (χ4v) is 0.149. The fraction of sp³-hybridized carbons (Fsp3) is 0.429. The molecule has 0 amide bonds. The predicted molar refractivity (Wildman–Crippen MR) is 40.6 cm³/mol. The second-order valence-corrected chi connectivity index (χ2v) is 1.31. The first-order valence-corrected chi connectivity index (χ1v) is 2.92. The van der Waals surface area contributed by atoms with Gasteiger partial charge in [0.2, 0.25) is 0 Å². The van der Waals surface area contributed by atoms with E-state index in [2.05, 4.69) is 6.58 Å². The molecule has 0 heterocycles. The van der Waals surface area contributed by atoms with E-state index in [1.54, 1.807) is 0 Å². The van der Waals surface area contributed by atoms with Crippen molar-refractivity contribution in [1.29, 1.82) is 0 Å². The van der Waals surface area contributed by atoms with Gasteiger partial charge in [-0.1, -0.05) is 18.2 Å². The van der Waals surface area contributed by atoms with Crippen LogP contribution in [-0.2, 0) is 0 Å². The first-order chi connectivity index (χ1) is 4.83. The Morgan fingerprint density at radius 1 is 0.900 bits per heavy atom. The van der Waals surface area contributed by atoms with Crippen molar-refractivity contribution in [1.82, 2.24) is 0 Å². The van der Waals surface area contributed by atoms with E-state index in [1.165, 1.54) is 18.2 Å². The zero-order valence-electron chi connectivity index (χ0n) is 5.90. The summed E-state index contributed by atoms with van der Waals surface area (Å²) in [5, 5.41) is 23.8. The van der Waals surface area contributed by atoms with Gasteiger partial charge in [0.15, 0.2) is 0 Å². The molecule has 0 radical (unpaired) electrons. The van der Waals surface area contributed by atoms with Crippen LogP contribution in [0.2, 0.25) is 0 Å². The molecule has 3 nitrogen and oxygen atoms in total. The molecular formula is C7H14O3. The molecule has 0 bridgehead atoms. The highest BCUT2D eigenvalue weighted by Gasteiger charge is 1.61. The van der Waals surface area contributed by atoms with Crippen molar-refractivity contribution in [2.24, 2.45) is 0 Å². The molecule has 0 aliphatic carbocycles. The Labute approximate surface area is 60.9 Å². The standard InChI is InChI=1S/C4H8O2.C3H6O/c5-3-1-2-4-6;1-2-3-4/h1-2,5-6H,3-4H2;2,4H,1,3H2. The maximum atomic E-state index is 8.00. The molecule has 0 spiro atoms. The Balaban J connectivity index is 0. The maximum Gasteiger partial charge on any atom is 0.0613 e. The molecule has 0 fully saturated rings. The fourth-order valence-electron chi connectivity index (χ4n) is 0.149. The Bertz CT molecular complexity index is 72.9. The van der Waals surface area contributed by atoms with E-state index in [0.29, 0.717) is 0 Å². The lowest BCUT2D eigenvalue weighted by Gasteiger charge is -1.73. The molecule has 0 rings (SSSR count). The van der Waals surface area contributed by atoms with Crippen LogP contribution in [0.5, 0.6) is 0 Å². The molecule has 3 heteroatoms. The molecule has 60 valence electrons. The highest BCUT2D eigenvalue weighted by Crippen LogP contribution is 1.63. The summed E-state index contributed by atoms with van der Waals surface area (Å²) in [6, 6.07) is 0. The number of hydrogen-bond acceptors (Lipinski definition) is 3. The first kappa shape index (κ1) is 12.1. The van der Waals surface area contributed by atoms with Crippen LogP contribution in [0.3, 0.4) is 0 Å². The van der Waals surface area contributed by atoms with Gasteiger partial charge in [-0.2, -0.15) is 0 Å². The first-order valence-electron chi connectivity index (χ1n) is 2.92. The van der Waals surface area contributed by atoms with Crippen LogP contribution in [0.4, 0.5) is 0 Å². The third kappa shape index (κ3) is 26.4. The van der Waals surface area contributed by atoms with Crippen molar-refractivity contribution in [3.8, 4) is 0 Å². The van der Waals surface area contributed by atoms with E-state index < -0.39 is 0 Å². The van der Waals surface area contributed by atoms with Gasteiger partial charge >= 0.3 is 0 Å². The van der Waals surface area contributed by atoms with E-state index in [1.807, 2.05) is 0 Å². The number of hydrogen-bond donors (Lipinski definition) is 3. The zero-order valence-corrected chi connectivity index (χ0v) is 5.90. The summed E-state index contributed by atoms with van der Waals surface area (Å²) >= 11 is 0. The van der Waals surface area contributed by atoms with Crippen molar-refractivity contribution >= 4 is 0 Å². The molecule has 0 aliphatic rings. The molecule has 0 unspecified atom stereocenters. The van der Waals surface area contributed by atoms with E-state index in [0.717, 1.165) is 0 Å². The molecule has 0 saturated carbocycles. The largest absolute Gasteiger partial charge is 0.392 e. The molecular weight excluding hydrogens is 132 g/mol. The molecule has 3 N–H and O–H groups in total. The Hall–Kier alpha value is -0.640. The molecule has 0 atom stereocenters. The van der Waals surface area contributed by atoms with Gasteiger partial charge < -0.3 is 15.3 Å². The van der Waals surface area contributed by atoms with Crippen LogP contribution in [0.15, 0.2) is 24.8 Å². The topological polar surface area (TPSA) is 60.7 Å². The average Bonchev–Trinajstić information content (AvgIpc) is 2.01. The zero-order chi connectivity index (χ0) is 8.24. The van der Waals surface area contributed by atoms with Crippen LogP contribution in [0.25, 0.3) is 0 Å². The van der Waals surface area contributed by atoms with Gasteiger partial charge in [-0.05, 0) is 0 Å². The Kier molecular flexibility index (Phi) is 19.0. The van der Waals surface area contributed by atoms with Gasteiger partial charge in [0.05, 0.1) is 19.8 Å². The summed E-state index contributed by atoms with van der Waals surface area (Å²) in [6.45, 7) is 3.34. The lowest BCUT2D eigenvalue weighted by molar-refractivity contribution is 0.329. The third-order valence-corrected chi connectivity index (χ3v) is 0.507. The minimum Gasteiger partial charge on any atom is -0.392 e. The van der Waals surface area contributed by atoms with E-state index in [9.17, 15) is 0 Å². The summed E-state index contributed by atoms with van der Waals surface area (Å²) in [4.78, 5) is 0. The molecule has 0 aromatic rings. The van der Waals surface area contributed by atoms with Crippen LogP contribution in [0.1, 0.15) is 0 Å². The van der Waals surface area contributed by atoms with Crippen LogP contribution in [0, 0.1) is 0 Å². The summed E-state index contributed by atoms with van der Waals surface area (Å²) in [7, 11) is 0. The van der Waals surface area contributed by atoms with Gasteiger partial charge in [0.1, 0.15) is 0 Å². The smallest absolute Gasteiger partial charge is 0.0613 e. The highest BCUT2D eigenvalue weighted by atomic mass is 16.3. The second kappa shape index (κ2) is 15.8. The average molecular weight is 146 g/mol. The SMILES string of the molecule is C=CCO.OCC=CCO. The highest BCUT2D eigenvalue weighted by molar-refractivity contribution is 4.78. The predicted octanol–water partition coefficient (Wildman–Crippen LogP) is -0.308. The number of rotatable bonds is 3. The van der Waals surface area contributed by atoms with Crippen molar-refractivity contribution in [2.75, 3.05) is 19.8 Å². The van der Waals surface area contributed by atoms with E-state index in [4.69, 9.17) is 15.3 Å². The monoisotopic (exact) mass is 146 g/mol. The van der Waals surface area contributed by atoms with Crippen molar-refractivity contribution in [3.05, 3.63) is 24.8 Å². The second-order valence-electron chi connectivity index (χ2n) is 1.31. The van der Waals surface area contributed by atoms with E-state index in [-0.39, 0.29) is 19.8 Å².